The van der Waals surface area contributed by atoms with Crippen LogP contribution >= 0.6 is 0 Å². The van der Waals surface area contributed by atoms with E-state index in [4.69, 9.17) is 0 Å². The molecule has 0 amide bonds. The molecule has 1 heteroatoms. The highest BCUT2D eigenvalue weighted by Gasteiger charge is 2.24. The molecule has 0 spiro atoms. The third-order valence-corrected chi connectivity index (χ3v) is 9.29. The molecule has 7 aromatic carbocycles. The lowest BCUT2D eigenvalue weighted by Gasteiger charge is -2.18. The van der Waals surface area contributed by atoms with E-state index in [0.29, 0.717) is 0 Å². The molecule has 0 unspecified atom stereocenters. The van der Waals surface area contributed by atoms with Crippen molar-refractivity contribution in [3.05, 3.63) is 175 Å². The molecule has 8 aromatic rings. The SMILES string of the molecule is c1ccc(-c2cccc3c2c2ccccc2n3-c2ccccc2-c2ccccc2-c2cccc3c2Cc2ccccc2-3)cc1. The van der Waals surface area contributed by atoms with Crippen LogP contribution in [0.5, 0.6) is 0 Å². The maximum Gasteiger partial charge on any atom is 0.0547 e. The predicted molar refractivity (Wildman–Crippen MR) is 185 cm³/mol. The lowest BCUT2D eigenvalue weighted by molar-refractivity contribution is 1.18. The fourth-order valence-corrected chi connectivity index (χ4v) is 7.40. The van der Waals surface area contributed by atoms with E-state index in [9.17, 15) is 0 Å². The van der Waals surface area contributed by atoms with Gasteiger partial charge in [-0.25, -0.2) is 0 Å². The molecule has 9 rings (SSSR count). The summed E-state index contributed by atoms with van der Waals surface area (Å²) >= 11 is 0. The van der Waals surface area contributed by atoms with E-state index in [1.807, 2.05) is 0 Å². The molecule has 0 N–H and O–H groups in total. The van der Waals surface area contributed by atoms with Gasteiger partial charge in [-0.1, -0.05) is 146 Å². The molecule has 1 nitrogen and oxygen atoms in total. The van der Waals surface area contributed by atoms with Crippen LogP contribution in [0, 0.1) is 0 Å². The second kappa shape index (κ2) is 9.97. The molecule has 0 saturated heterocycles. The highest BCUT2D eigenvalue weighted by atomic mass is 15.0. The van der Waals surface area contributed by atoms with Crippen molar-refractivity contribution < 1.29 is 0 Å². The molecule has 206 valence electrons. The lowest BCUT2D eigenvalue weighted by Crippen LogP contribution is -1.98. The summed E-state index contributed by atoms with van der Waals surface area (Å²) in [5.74, 6) is 0. The molecular weight excluding hydrogens is 530 g/mol. The molecule has 0 saturated carbocycles. The minimum Gasteiger partial charge on any atom is -0.309 e. The zero-order valence-corrected chi connectivity index (χ0v) is 24.2. The lowest BCUT2D eigenvalue weighted by atomic mass is 9.89. The van der Waals surface area contributed by atoms with Gasteiger partial charge in [-0.2, -0.15) is 0 Å². The van der Waals surface area contributed by atoms with Crippen LogP contribution in [0.15, 0.2) is 164 Å². The van der Waals surface area contributed by atoms with Crippen molar-refractivity contribution in [2.45, 2.75) is 6.42 Å². The van der Waals surface area contributed by atoms with Crippen LogP contribution in [0.2, 0.25) is 0 Å². The van der Waals surface area contributed by atoms with E-state index in [-0.39, 0.29) is 0 Å². The monoisotopic (exact) mass is 559 g/mol. The predicted octanol–water partition coefficient (Wildman–Crippen LogP) is 11.4. The van der Waals surface area contributed by atoms with Crippen molar-refractivity contribution in [1.29, 1.82) is 0 Å². The minimum absolute atomic E-state index is 0.965. The van der Waals surface area contributed by atoms with Gasteiger partial charge in [-0.15, -0.1) is 0 Å². The highest BCUT2D eigenvalue weighted by Crippen LogP contribution is 2.46. The molecule has 1 aliphatic rings. The van der Waals surface area contributed by atoms with Gasteiger partial charge >= 0.3 is 0 Å². The Morgan fingerprint density at radius 3 is 1.75 bits per heavy atom. The number of rotatable bonds is 4. The van der Waals surface area contributed by atoms with Gasteiger partial charge in [0, 0.05) is 16.3 Å². The van der Waals surface area contributed by atoms with Gasteiger partial charge in [-0.3, -0.25) is 0 Å². The van der Waals surface area contributed by atoms with Crippen molar-refractivity contribution in [2.24, 2.45) is 0 Å². The average molecular weight is 560 g/mol. The fraction of sp³-hybridized carbons (Fsp3) is 0.0233. The zero-order chi connectivity index (χ0) is 29.0. The Morgan fingerprint density at radius 1 is 0.364 bits per heavy atom. The molecule has 0 fully saturated rings. The van der Waals surface area contributed by atoms with E-state index in [0.717, 1.165) is 6.42 Å². The van der Waals surface area contributed by atoms with Crippen molar-refractivity contribution in [2.75, 3.05) is 0 Å². The molecule has 0 radical (unpaired) electrons. The Labute approximate surface area is 257 Å². The van der Waals surface area contributed by atoms with E-state index < -0.39 is 0 Å². The molecule has 1 aromatic heterocycles. The molecule has 44 heavy (non-hydrogen) atoms. The second-order valence-corrected chi connectivity index (χ2v) is 11.6. The highest BCUT2D eigenvalue weighted by molar-refractivity contribution is 6.16. The number of hydrogen-bond donors (Lipinski definition) is 0. The number of nitrogens with zero attached hydrogens (tertiary/aromatic N) is 1. The maximum absolute atomic E-state index is 2.47. The number of fused-ring (bicyclic) bond motifs is 6. The van der Waals surface area contributed by atoms with Crippen molar-refractivity contribution in [1.82, 2.24) is 4.57 Å². The van der Waals surface area contributed by atoms with Gasteiger partial charge in [0.1, 0.15) is 0 Å². The van der Waals surface area contributed by atoms with Crippen LogP contribution < -0.4 is 0 Å². The summed E-state index contributed by atoms with van der Waals surface area (Å²) in [6.07, 6.45) is 0.965. The summed E-state index contributed by atoms with van der Waals surface area (Å²) in [6, 6.07) is 59.8. The molecular formula is C43H29N. The van der Waals surface area contributed by atoms with Crippen LogP contribution in [-0.4, -0.2) is 4.57 Å². The minimum atomic E-state index is 0.965. The largest absolute Gasteiger partial charge is 0.309 e. The first kappa shape index (κ1) is 24.9. The van der Waals surface area contributed by atoms with Gasteiger partial charge in [-0.05, 0) is 74.7 Å². The maximum atomic E-state index is 2.47. The van der Waals surface area contributed by atoms with E-state index in [2.05, 4.69) is 168 Å². The zero-order valence-electron chi connectivity index (χ0n) is 24.2. The Balaban J connectivity index is 1.30. The molecule has 1 aliphatic carbocycles. The second-order valence-electron chi connectivity index (χ2n) is 11.6. The van der Waals surface area contributed by atoms with Crippen LogP contribution in [0.1, 0.15) is 11.1 Å². The van der Waals surface area contributed by atoms with Crippen LogP contribution in [-0.2, 0) is 6.42 Å². The third-order valence-electron chi connectivity index (χ3n) is 9.29. The summed E-state index contributed by atoms with van der Waals surface area (Å²) in [6.45, 7) is 0. The fourth-order valence-electron chi connectivity index (χ4n) is 7.40. The Kier molecular flexibility index (Phi) is 5.64. The number of benzene rings is 7. The van der Waals surface area contributed by atoms with E-state index in [1.54, 1.807) is 0 Å². The number of hydrogen-bond acceptors (Lipinski definition) is 0. The van der Waals surface area contributed by atoms with Crippen LogP contribution in [0.3, 0.4) is 0 Å². The van der Waals surface area contributed by atoms with E-state index in [1.165, 1.54) is 83.1 Å². The van der Waals surface area contributed by atoms with Crippen molar-refractivity contribution in [3.63, 3.8) is 0 Å². The average Bonchev–Trinajstić information content (AvgIpc) is 3.65. The number of aromatic nitrogens is 1. The smallest absolute Gasteiger partial charge is 0.0547 e. The summed E-state index contributed by atoms with van der Waals surface area (Å²) in [5.41, 5.74) is 16.7. The number of para-hydroxylation sites is 2. The van der Waals surface area contributed by atoms with Gasteiger partial charge in [0.25, 0.3) is 0 Å². The first-order chi connectivity index (χ1) is 21.9. The molecule has 0 atom stereocenters. The Morgan fingerprint density at radius 2 is 0.909 bits per heavy atom. The van der Waals surface area contributed by atoms with E-state index >= 15 is 0 Å². The topological polar surface area (TPSA) is 4.93 Å². The molecule has 0 aliphatic heterocycles. The summed E-state index contributed by atoms with van der Waals surface area (Å²) < 4.78 is 2.47. The summed E-state index contributed by atoms with van der Waals surface area (Å²) in [5, 5.41) is 2.56. The van der Waals surface area contributed by atoms with Gasteiger partial charge in [0.15, 0.2) is 0 Å². The first-order valence-electron chi connectivity index (χ1n) is 15.3. The van der Waals surface area contributed by atoms with Gasteiger partial charge in [0.05, 0.1) is 16.7 Å². The third kappa shape index (κ3) is 3.73. The Hall–Kier alpha value is -5.66. The van der Waals surface area contributed by atoms with Crippen LogP contribution in [0.25, 0.3) is 72.0 Å². The van der Waals surface area contributed by atoms with Crippen molar-refractivity contribution >= 4 is 21.8 Å². The summed E-state index contributed by atoms with van der Waals surface area (Å²) in [4.78, 5) is 0. The molecule has 1 heterocycles. The van der Waals surface area contributed by atoms with Gasteiger partial charge in [0.2, 0.25) is 0 Å². The normalized spacial score (nSPS) is 12.0. The van der Waals surface area contributed by atoms with Crippen LogP contribution in [0.4, 0.5) is 0 Å². The summed E-state index contributed by atoms with van der Waals surface area (Å²) in [7, 11) is 0. The quantitative estimate of drug-likeness (QED) is 0.202. The first-order valence-corrected chi connectivity index (χ1v) is 15.3. The Bertz CT molecular complexity index is 2360. The molecule has 0 bridgehead atoms. The van der Waals surface area contributed by atoms with Gasteiger partial charge < -0.3 is 4.57 Å². The van der Waals surface area contributed by atoms with Crippen molar-refractivity contribution in [3.8, 4) is 50.2 Å². The standard InChI is InChI=1S/C43H29N/c1-2-14-29(15-3-1)32-22-13-27-42-43(32)38-21-9-11-26-41(38)44(42)40-25-10-8-20-37(40)35-19-7-6-18-34(35)36-24-12-23-33-31-17-5-4-16-30(31)28-39(33)36/h1-27H,28H2.